The molecule has 1 aromatic carbocycles. The summed E-state index contributed by atoms with van der Waals surface area (Å²) in [6.45, 7) is 2.07. The summed E-state index contributed by atoms with van der Waals surface area (Å²) in [6, 6.07) is 6.19. The van der Waals surface area contributed by atoms with E-state index in [1.165, 1.54) is 11.1 Å². The number of nitrogens with two attached hydrogens (primary N) is 1. The lowest BCUT2D eigenvalue weighted by molar-refractivity contribution is 1.36. The van der Waals surface area contributed by atoms with Gasteiger partial charge in [0, 0.05) is 11.4 Å². The highest BCUT2D eigenvalue weighted by Gasteiger charge is 1.94. The lowest BCUT2D eigenvalue weighted by atomic mass is 10.1. The van der Waals surface area contributed by atoms with Gasteiger partial charge in [0.15, 0.2) is 0 Å². The fraction of sp³-hybridized carbons (Fsp3) is 0.333. The van der Waals surface area contributed by atoms with Crippen molar-refractivity contribution in [3.05, 3.63) is 29.3 Å². The van der Waals surface area contributed by atoms with Crippen LogP contribution in [0.4, 0.5) is 5.69 Å². The van der Waals surface area contributed by atoms with Crippen LogP contribution in [0, 0.1) is 6.92 Å². The van der Waals surface area contributed by atoms with Gasteiger partial charge in [-0.25, -0.2) is 0 Å². The van der Waals surface area contributed by atoms with Crippen molar-refractivity contribution >= 4 is 17.4 Å². The van der Waals surface area contributed by atoms with Crippen molar-refractivity contribution < 1.29 is 0 Å². The first-order chi connectivity index (χ1) is 5.22. The lowest BCUT2D eigenvalue weighted by Crippen LogP contribution is -1.89. The minimum absolute atomic E-state index is 0.869. The molecule has 0 radical (unpaired) electrons. The third kappa shape index (κ3) is 2.46. The second kappa shape index (κ2) is 3.67. The summed E-state index contributed by atoms with van der Waals surface area (Å²) in [5, 5.41) is 0. The van der Waals surface area contributed by atoms with Crippen LogP contribution in [0.2, 0.25) is 0 Å². The number of rotatable bonds is 2. The molecule has 0 atom stereocenters. The van der Waals surface area contributed by atoms with Gasteiger partial charge in [-0.05, 0) is 36.4 Å². The van der Waals surface area contributed by atoms with E-state index in [0.717, 1.165) is 11.4 Å². The molecule has 0 aliphatic rings. The Hall–Kier alpha value is -0.630. The molecule has 11 heavy (non-hydrogen) atoms. The van der Waals surface area contributed by atoms with Crippen LogP contribution in [0.1, 0.15) is 11.1 Å². The maximum absolute atomic E-state index is 5.68. The maximum atomic E-state index is 5.68. The molecule has 0 bridgehead atoms. The van der Waals surface area contributed by atoms with E-state index in [1.54, 1.807) is 0 Å². The van der Waals surface area contributed by atoms with E-state index in [0.29, 0.717) is 0 Å². The molecular formula is C9H13NS. The smallest absolute Gasteiger partial charge is 0.0319 e. The van der Waals surface area contributed by atoms with E-state index in [1.807, 2.05) is 23.9 Å². The van der Waals surface area contributed by atoms with Crippen LogP contribution in [-0.2, 0) is 5.75 Å². The van der Waals surface area contributed by atoms with Crippen LogP contribution in [0.15, 0.2) is 18.2 Å². The zero-order valence-corrected chi connectivity index (χ0v) is 7.74. The fourth-order valence-electron chi connectivity index (χ4n) is 1.14. The molecule has 1 nitrogen and oxygen atoms in total. The molecule has 0 heterocycles. The van der Waals surface area contributed by atoms with Gasteiger partial charge in [-0.1, -0.05) is 6.07 Å². The van der Waals surface area contributed by atoms with Gasteiger partial charge in [0.05, 0.1) is 0 Å². The van der Waals surface area contributed by atoms with Crippen LogP contribution >= 0.6 is 11.8 Å². The van der Waals surface area contributed by atoms with Crippen LogP contribution < -0.4 is 5.73 Å². The van der Waals surface area contributed by atoms with Gasteiger partial charge in [0.1, 0.15) is 0 Å². The summed E-state index contributed by atoms with van der Waals surface area (Å²) >= 11 is 1.82. The number of aryl methyl sites for hydroxylation is 1. The summed E-state index contributed by atoms with van der Waals surface area (Å²) in [4.78, 5) is 0. The van der Waals surface area contributed by atoms with Crippen LogP contribution in [0.5, 0.6) is 0 Å². The van der Waals surface area contributed by atoms with Gasteiger partial charge in [-0.3, -0.25) is 0 Å². The number of nitrogen functional groups attached to an aromatic ring is 1. The number of benzene rings is 1. The fourth-order valence-corrected chi connectivity index (χ4v) is 1.64. The Morgan fingerprint density at radius 3 is 2.64 bits per heavy atom. The molecule has 1 aromatic rings. The van der Waals surface area contributed by atoms with Gasteiger partial charge in [-0.15, -0.1) is 0 Å². The summed E-state index contributed by atoms with van der Waals surface area (Å²) in [6.07, 6.45) is 2.10. The van der Waals surface area contributed by atoms with E-state index < -0.39 is 0 Å². The SMILES string of the molecule is CSCc1cc(C)cc(N)c1. The molecule has 0 fully saturated rings. The highest BCUT2D eigenvalue weighted by molar-refractivity contribution is 7.97. The van der Waals surface area contributed by atoms with Crippen molar-refractivity contribution in [3.63, 3.8) is 0 Å². The maximum Gasteiger partial charge on any atom is 0.0319 e. The van der Waals surface area contributed by atoms with E-state index in [-0.39, 0.29) is 0 Å². The molecule has 60 valence electrons. The van der Waals surface area contributed by atoms with E-state index in [2.05, 4.69) is 19.2 Å². The second-order valence-electron chi connectivity index (χ2n) is 2.68. The summed E-state index contributed by atoms with van der Waals surface area (Å²) in [5.41, 5.74) is 9.11. The third-order valence-corrected chi connectivity index (χ3v) is 2.09. The first-order valence-electron chi connectivity index (χ1n) is 3.57. The Morgan fingerprint density at radius 1 is 1.36 bits per heavy atom. The number of hydrogen-bond acceptors (Lipinski definition) is 2. The molecule has 2 heteroatoms. The van der Waals surface area contributed by atoms with Crippen LogP contribution in [0.25, 0.3) is 0 Å². The highest BCUT2D eigenvalue weighted by atomic mass is 32.2. The van der Waals surface area contributed by atoms with Crippen molar-refractivity contribution in [2.45, 2.75) is 12.7 Å². The molecule has 0 saturated carbocycles. The Morgan fingerprint density at radius 2 is 2.09 bits per heavy atom. The highest BCUT2D eigenvalue weighted by Crippen LogP contribution is 2.15. The zero-order chi connectivity index (χ0) is 8.27. The second-order valence-corrected chi connectivity index (χ2v) is 3.55. The standard InChI is InChI=1S/C9H13NS/c1-7-3-8(6-11-2)5-9(10)4-7/h3-5H,6,10H2,1-2H3. The predicted molar refractivity (Wildman–Crippen MR) is 52.8 cm³/mol. The van der Waals surface area contributed by atoms with Crippen molar-refractivity contribution in [1.82, 2.24) is 0 Å². The Labute approximate surface area is 72.0 Å². The van der Waals surface area contributed by atoms with E-state index in [4.69, 9.17) is 5.73 Å². The Balaban J connectivity index is 2.89. The third-order valence-electron chi connectivity index (χ3n) is 1.47. The lowest BCUT2D eigenvalue weighted by Gasteiger charge is -2.01. The molecule has 0 amide bonds. The van der Waals surface area contributed by atoms with Gasteiger partial charge in [-0.2, -0.15) is 11.8 Å². The van der Waals surface area contributed by atoms with E-state index in [9.17, 15) is 0 Å². The quantitative estimate of drug-likeness (QED) is 0.685. The van der Waals surface area contributed by atoms with Crippen LogP contribution in [-0.4, -0.2) is 6.26 Å². The van der Waals surface area contributed by atoms with Crippen molar-refractivity contribution in [2.75, 3.05) is 12.0 Å². The first-order valence-corrected chi connectivity index (χ1v) is 4.97. The molecule has 0 aliphatic heterocycles. The van der Waals surface area contributed by atoms with Gasteiger partial charge in [0.2, 0.25) is 0 Å². The largest absolute Gasteiger partial charge is 0.399 e. The molecule has 0 aromatic heterocycles. The van der Waals surface area contributed by atoms with Crippen molar-refractivity contribution in [1.29, 1.82) is 0 Å². The molecule has 0 unspecified atom stereocenters. The molecule has 0 aliphatic carbocycles. The summed E-state index contributed by atoms with van der Waals surface area (Å²) in [5.74, 6) is 1.05. The normalized spacial score (nSPS) is 10.0. The number of thioether (sulfide) groups is 1. The molecule has 0 saturated heterocycles. The Kier molecular flexibility index (Phi) is 2.83. The van der Waals surface area contributed by atoms with Gasteiger partial charge < -0.3 is 5.73 Å². The van der Waals surface area contributed by atoms with Crippen molar-refractivity contribution in [3.8, 4) is 0 Å². The predicted octanol–water partition coefficient (Wildman–Crippen LogP) is 2.44. The minimum Gasteiger partial charge on any atom is -0.399 e. The molecule has 0 spiro atoms. The number of anilines is 1. The van der Waals surface area contributed by atoms with Gasteiger partial charge >= 0.3 is 0 Å². The zero-order valence-electron chi connectivity index (χ0n) is 6.92. The topological polar surface area (TPSA) is 26.0 Å². The monoisotopic (exact) mass is 167 g/mol. The summed E-state index contributed by atoms with van der Waals surface area (Å²) < 4.78 is 0. The first kappa shape index (κ1) is 8.47. The summed E-state index contributed by atoms with van der Waals surface area (Å²) in [7, 11) is 0. The van der Waals surface area contributed by atoms with Crippen molar-refractivity contribution in [2.24, 2.45) is 0 Å². The molecule has 1 rings (SSSR count). The van der Waals surface area contributed by atoms with Crippen LogP contribution in [0.3, 0.4) is 0 Å². The van der Waals surface area contributed by atoms with E-state index >= 15 is 0 Å². The van der Waals surface area contributed by atoms with Gasteiger partial charge in [0.25, 0.3) is 0 Å². The average molecular weight is 167 g/mol. The average Bonchev–Trinajstić information content (AvgIpc) is 1.85. The molecule has 2 N–H and O–H groups in total. The molecular weight excluding hydrogens is 154 g/mol. The minimum atomic E-state index is 0.869. The number of hydrogen-bond donors (Lipinski definition) is 1. The Bertz CT molecular complexity index is 225.